The van der Waals surface area contributed by atoms with Crippen LogP contribution in [0.5, 0.6) is 0 Å². The van der Waals surface area contributed by atoms with Gasteiger partial charge in [-0.15, -0.1) is 0 Å². The van der Waals surface area contributed by atoms with Crippen LogP contribution in [0, 0.1) is 5.92 Å². The first-order valence-electron chi connectivity index (χ1n) is 6.90. The van der Waals surface area contributed by atoms with Crippen molar-refractivity contribution in [2.45, 2.75) is 77.9 Å². The predicted octanol–water partition coefficient (Wildman–Crippen LogP) is 3.87. The molecular formula is C14H27NO2. The third kappa shape index (κ3) is 5.94. The Balaban J connectivity index is 2.33. The minimum atomic E-state index is -0.401. The van der Waals surface area contributed by atoms with Crippen molar-refractivity contribution in [3.05, 3.63) is 0 Å². The Hall–Kier alpha value is -0.730. The number of nitrogens with one attached hydrogen (secondary N) is 1. The first-order valence-corrected chi connectivity index (χ1v) is 6.90. The zero-order chi connectivity index (χ0) is 12.9. The van der Waals surface area contributed by atoms with Crippen molar-refractivity contribution >= 4 is 6.09 Å². The fourth-order valence-corrected chi connectivity index (χ4v) is 2.57. The number of carbonyl (C=O) groups is 1. The lowest BCUT2D eigenvalue weighted by atomic mass is 9.83. The summed E-state index contributed by atoms with van der Waals surface area (Å²) in [5.41, 5.74) is -0.401. The fraction of sp³-hybridized carbons (Fsp3) is 0.929. The van der Waals surface area contributed by atoms with E-state index in [4.69, 9.17) is 4.74 Å². The summed E-state index contributed by atoms with van der Waals surface area (Å²) >= 11 is 0. The van der Waals surface area contributed by atoms with Crippen molar-refractivity contribution < 1.29 is 9.53 Å². The van der Waals surface area contributed by atoms with Gasteiger partial charge in [-0.05, 0) is 39.5 Å². The van der Waals surface area contributed by atoms with E-state index in [-0.39, 0.29) is 6.09 Å². The lowest BCUT2D eigenvalue weighted by molar-refractivity contribution is 0.0484. The van der Waals surface area contributed by atoms with Gasteiger partial charge in [0.2, 0.25) is 0 Å². The predicted molar refractivity (Wildman–Crippen MR) is 70.0 cm³/mol. The van der Waals surface area contributed by atoms with E-state index >= 15 is 0 Å². The van der Waals surface area contributed by atoms with E-state index in [9.17, 15) is 4.79 Å². The average Bonchev–Trinajstić information content (AvgIpc) is 2.15. The van der Waals surface area contributed by atoms with Crippen LogP contribution in [0.3, 0.4) is 0 Å². The molecule has 0 aliphatic heterocycles. The molecule has 1 amide bonds. The van der Waals surface area contributed by atoms with Crippen molar-refractivity contribution in [3.8, 4) is 0 Å². The molecule has 1 rings (SSSR count). The minimum absolute atomic E-state index is 0.264. The second kappa shape index (κ2) is 6.27. The van der Waals surface area contributed by atoms with Gasteiger partial charge in [0.25, 0.3) is 0 Å². The Morgan fingerprint density at radius 1 is 1.35 bits per heavy atom. The molecule has 0 aromatic heterocycles. The number of hydrogen-bond donors (Lipinski definition) is 1. The van der Waals surface area contributed by atoms with Crippen molar-refractivity contribution in [2.24, 2.45) is 5.92 Å². The Labute approximate surface area is 105 Å². The summed E-state index contributed by atoms with van der Waals surface area (Å²) in [5.74, 6) is 0.786. The average molecular weight is 241 g/mol. The molecule has 17 heavy (non-hydrogen) atoms. The van der Waals surface area contributed by atoms with Crippen LogP contribution in [-0.2, 0) is 4.74 Å². The maximum atomic E-state index is 11.7. The third-order valence-corrected chi connectivity index (χ3v) is 3.20. The van der Waals surface area contributed by atoms with E-state index in [1.165, 1.54) is 25.7 Å². The van der Waals surface area contributed by atoms with Crippen molar-refractivity contribution in [2.75, 3.05) is 0 Å². The number of hydrogen-bond acceptors (Lipinski definition) is 2. The molecule has 1 saturated carbocycles. The molecule has 0 spiro atoms. The standard InChI is InChI=1S/C14H27NO2/c1-5-7-11-8-6-9-12(10-11)15-13(16)17-14(2,3)4/h11-12H,5-10H2,1-4H3,(H,15,16). The van der Waals surface area contributed by atoms with Crippen LogP contribution in [0.1, 0.15) is 66.2 Å². The van der Waals surface area contributed by atoms with Crippen LogP contribution in [0.25, 0.3) is 0 Å². The lowest BCUT2D eigenvalue weighted by Gasteiger charge is -2.30. The minimum Gasteiger partial charge on any atom is -0.444 e. The highest BCUT2D eigenvalue weighted by molar-refractivity contribution is 5.68. The van der Waals surface area contributed by atoms with E-state index in [1.807, 2.05) is 20.8 Å². The highest BCUT2D eigenvalue weighted by Crippen LogP contribution is 2.27. The van der Waals surface area contributed by atoms with Crippen LogP contribution >= 0.6 is 0 Å². The summed E-state index contributed by atoms with van der Waals surface area (Å²) in [6.45, 7) is 7.92. The van der Waals surface area contributed by atoms with Gasteiger partial charge in [-0.3, -0.25) is 0 Å². The number of rotatable bonds is 3. The highest BCUT2D eigenvalue weighted by atomic mass is 16.6. The molecule has 0 aromatic rings. The maximum absolute atomic E-state index is 11.7. The molecule has 0 saturated heterocycles. The second-order valence-electron chi connectivity index (χ2n) is 6.16. The molecule has 0 aromatic carbocycles. The molecule has 100 valence electrons. The van der Waals surface area contributed by atoms with Crippen molar-refractivity contribution in [1.29, 1.82) is 0 Å². The van der Waals surface area contributed by atoms with Gasteiger partial charge in [0, 0.05) is 6.04 Å². The molecule has 1 aliphatic carbocycles. The summed E-state index contributed by atoms with van der Waals surface area (Å²) < 4.78 is 5.29. The molecule has 3 nitrogen and oxygen atoms in total. The molecule has 1 fully saturated rings. The van der Waals surface area contributed by atoms with Crippen LogP contribution in [0.4, 0.5) is 4.79 Å². The van der Waals surface area contributed by atoms with E-state index in [0.717, 1.165) is 18.8 Å². The molecule has 1 N–H and O–H groups in total. The normalized spacial score (nSPS) is 25.4. The zero-order valence-corrected chi connectivity index (χ0v) is 11.7. The Morgan fingerprint density at radius 2 is 2.06 bits per heavy atom. The van der Waals surface area contributed by atoms with Crippen LogP contribution in [0.15, 0.2) is 0 Å². The molecule has 1 aliphatic rings. The quantitative estimate of drug-likeness (QED) is 0.814. The second-order valence-corrected chi connectivity index (χ2v) is 6.16. The Bertz CT molecular complexity index is 243. The van der Waals surface area contributed by atoms with Gasteiger partial charge in [-0.2, -0.15) is 0 Å². The van der Waals surface area contributed by atoms with E-state index in [2.05, 4.69) is 12.2 Å². The van der Waals surface area contributed by atoms with Crippen molar-refractivity contribution in [3.63, 3.8) is 0 Å². The molecule has 0 bridgehead atoms. The molecular weight excluding hydrogens is 214 g/mol. The van der Waals surface area contributed by atoms with Crippen molar-refractivity contribution in [1.82, 2.24) is 5.32 Å². The molecule has 2 atom stereocenters. The van der Waals surface area contributed by atoms with Gasteiger partial charge in [-0.25, -0.2) is 4.79 Å². The largest absolute Gasteiger partial charge is 0.444 e. The zero-order valence-electron chi connectivity index (χ0n) is 11.7. The highest BCUT2D eigenvalue weighted by Gasteiger charge is 2.24. The van der Waals surface area contributed by atoms with Crippen LogP contribution < -0.4 is 5.32 Å². The van der Waals surface area contributed by atoms with Gasteiger partial charge in [0.1, 0.15) is 5.60 Å². The smallest absolute Gasteiger partial charge is 0.407 e. The summed E-state index contributed by atoms with van der Waals surface area (Å²) in [7, 11) is 0. The topological polar surface area (TPSA) is 38.3 Å². The first kappa shape index (κ1) is 14.3. The van der Waals surface area contributed by atoms with E-state index in [0.29, 0.717) is 6.04 Å². The molecule has 0 heterocycles. The third-order valence-electron chi connectivity index (χ3n) is 3.20. The summed E-state index contributed by atoms with van der Waals surface area (Å²) in [5, 5.41) is 3.00. The van der Waals surface area contributed by atoms with Gasteiger partial charge >= 0.3 is 6.09 Å². The number of carbonyl (C=O) groups excluding carboxylic acids is 1. The van der Waals surface area contributed by atoms with Gasteiger partial charge in [0.15, 0.2) is 0 Å². The van der Waals surface area contributed by atoms with E-state index in [1.54, 1.807) is 0 Å². The lowest BCUT2D eigenvalue weighted by Crippen LogP contribution is -2.41. The first-order chi connectivity index (χ1) is 7.90. The summed E-state index contributed by atoms with van der Waals surface area (Å²) in [6.07, 6.45) is 7.02. The molecule has 2 unspecified atom stereocenters. The summed E-state index contributed by atoms with van der Waals surface area (Å²) in [4.78, 5) is 11.7. The number of amides is 1. The number of ether oxygens (including phenoxy) is 1. The SMILES string of the molecule is CCCC1CCCC(NC(=O)OC(C)(C)C)C1. The van der Waals surface area contributed by atoms with Crippen LogP contribution in [0.2, 0.25) is 0 Å². The monoisotopic (exact) mass is 241 g/mol. The number of alkyl carbamates (subject to hydrolysis) is 1. The van der Waals surface area contributed by atoms with Gasteiger partial charge in [0.05, 0.1) is 0 Å². The van der Waals surface area contributed by atoms with E-state index < -0.39 is 5.60 Å². The Morgan fingerprint density at radius 3 is 2.65 bits per heavy atom. The fourth-order valence-electron chi connectivity index (χ4n) is 2.57. The molecule has 3 heteroatoms. The van der Waals surface area contributed by atoms with Crippen LogP contribution in [-0.4, -0.2) is 17.7 Å². The molecule has 0 radical (unpaired) electrons. The Kier molecular flexibility index (Phi) is 5.29. The van der Waals surface area contributed by atoms with Gasteiger partial charge < -0.3 is 10.1 Å². The summed E-state index contributed by atoms with van der Waals surface area (Å²) in [6, 6.07) is 0.315. The van der Waals surface area contributed by atoms with Gasteiger partial charge in [-0.1, -0.05) is 32.6 Å². The maximum Gasteiger partial charge on any atom is 0.407 e.